The maximum atomic E-state index is 5.47. The van der Waals surface area contributed by atoms with Crippen molar-refractivity contribution >= 4 is 0 Å². The van der Waals surface area contributed by atoms with E-state index in [0.717, 1.165) is 12.3 Å². The molecular weight excluding hydrogens is 236 g/mol. The van der Waals surface area contributed by atoms with Gasteiger partial charge in [0.2, 0.25) is 0 Å². The molecule has 0 atom stereocenters. The molecule has 19 heavy (non-hydrogen) atoms. The molecule has 0 amide bonds. The monoisotopic (exact) mass is 260 g/mol. The van der Waals surface area contributed by atoms with Gasteiger partial charge in [0.1, 0.15) is 12.4 Å². The molecule has 0 spiro atoms. The van der Waals surface area contributed by atoms with Crippen LogP contribution in [0.5, 0.6) is 5.75 Å². The summed E-state index contributed by atoms with van der Waals surface area (Å²) in [6, 6.07) is 8.96. The van der Waals surface area contributed by atoms with E-state index in [0.29, 0.717) is 12.6 Å². The van der Waals surface area contributed by atoms with Crippen LogP contribution in [-0.4, -0.2) is 37.7 Å². The molecule has 0 bridgehead atoms. The smallest absolute Gasteiger partial charge is 0.119 e. The minimum Gasteiger partial charge on any atom is -0.490 e. The molecule has 2 rings (SSSR count). The zero-order valence-corrected chi connectivity index (χ0v) is 11.8. The fourth-order valence-corrected chi connectivity index (χ4v) is 2.33. The topological polar surface area (TPSA) is 24.5 Å². The summed E-state index contributed by atoms with van der Waals surface area (Å²) < 4.78 is 5.47. The zero-order valence-electron chi connectivity index (χ0n) is 11.8. The molecule has 1 aromatic carbocycles. The Labute approximate surface area is 116 Å². The van der Waals surface area contributed by atoms with Crippen molar-refractivity contribution in [2.45, 2.75) is 25.4 Å². The number of piperidine rings is 1. The van der Waals surface area contributed by atoms with Gasteiger partial charge in [-0.25, -0.2) is 0 Å². The van der Waals surface area contributed by atoms with Gasteiger partial charge in [0.25, 0.3) is 0 Å². The van der Waals surface area contributed by atoms with E-state index in [2.05, 4.69) is 36.0 Å². The highest BCUT2D eigenvalue weighted by molar-refractivity contribution is 5.27. The Morgan fingerprint density at radius 2 is 2.00 bits per heavy atom. The highest BCUT2D eigenvalue weighted by Gasteiger charge is 2.15. The SMILES string of the molecule is C=CCOc1ccc(CNC2CCN(C)CC2)cc1. The molecule has 3 nitrogen and oxygen atoms in total. The van der Waals surface area contributed by atoms with Gasteiger partial charge in [0.15, 0.2) is 0 Å². The molecule has 0 saturated carbocycles. The minimum absolute atomic E-state index is 0.563. The first-order valence-corrected chi connectivity index (χ1v) is 7.02. The number of ether oxygens (including phenoxy) is 1. The lowest BCUT2D eigenvalue weighted by molar-refractivity contribution is 0.234. The predicted octanol–water partition coefficient (Wildman–Crippen LogP) is 2.44. The quantitative estimate of drug-likeness (QED) is 0.795. The van der Waals surface area contributed by atoms with Crippen LogP contribution in [0.1, 0.15) is 18.4 Å². The van der Waals surface area contributed by atoms with Crippen molar-refractivity contribution in [1.29, 1.82) is 0 Å². The van der Waals surface area contributed by atoms with Gasteiger partial charge in [-0.05, 0) is 50.7 Å². The Kier molecular flexibility index (Phi) is 5.43. The molecule has 3 heteroatoms. The van der Waals surface area contributed by atoms with E-state index in [-0.39, 0.29) is 0 Å². The van der Waals surface area contributed by atoms with Gasteiger partial charge in [0, 0.05) is 12.6 Å². The van der Waals surface area contributed by atoms with Gasteiger partial charge in [-0.15, -0.1) is 0 Å². The summed E-state index contributed by atoms with van der Waals surface area (Å²) >= 11 is 0. The highest BCUT2D eigenvalue weighted by atomic mass is 16.5. The molecule has 1 aliphatic rings. The molecule has 0 unspecified atom stereocenters. The van der Waals surface area contributed by atoms with Crippen LogP contribution < -0.4 is 10.1 Å². The summed E-state index contributed by atoms with van der Waals surface area (Å²) in [5.41, 5.74) is 1.31. The van der Waals surface area contributed by atoms with Gasteiger partial charge in [-0.3, -0.25) is 0 Å². The lowest BCUT2D eigenvalue weighted by Gasteiger charge is -2.29. The van der Waals surface area contributed by atoms with Gasteiger partial charge < -0.3 is 15.0 Å². The number of hydrogen-bond acceptors (Lipinski definition) is 3. The molecule has 1 fully saturated rings. The van der Waals surface area contributed by atoms with E-state index in [9.17, 15) is 0 Å². The van der Waals surface area contributed by atoms with Gasteiger partial charge in [0.05, 0.1) is 0 Å². The standard InChI is InChI=1S/C16H24N2O/c1-3-12-19-16-6-4-14(5-7-16)13-17-15-8-10-18(2)11-9-15/h3-7,15,17H,1,8-13H2,2H3. The van der Waals surface area contributed by atoms with Crippen molar-refractivity contribution in [3.63, 3.8) is 0 Å². The number of hydrogen-bond donors (Lipinski definition) is 1. The maximum absolute atomic E-state index is 5.47. The number of rotatable bonds is 6. The van der Waals surface area contributed by atoms with Crippen molar-refractivity contribution in [1.82, 2.24) is 10.2 Å². The summed E-state index contributed by atoms with van der Waals surface area (Å²) in [7, 11) is 2.19. The Balaban J connectivity index is 1.75. The van der Waals surface area contributed by atoms with Crippen LogP contribution in [0.3, 0.4) is 0 Å². The lowest BCUT2D eigenvalue weighted by Crippen LogP contribution is -2.40. The molecule has 0 radical (unpaired) electrons. The van der Waals surface area contributed by atoms with Crippen molar-refractivity contribution < 1.29 is 4.74 Å². The van der Waals surface area contributed by atoms with E-state index in [1.807, 2.05) is 12.1 Å². The second-order valence-corrected chi connectivity index (χ2v) is 5.20. The Bertz CT molecular complexity index is 380. The first kappa shape index (κ1) is 14.1. The minimum atomic E-state index is 0.563. The summed E-state index contributed by atoms with van der Waals surface area (Å²) in [4.78, 5) is 2.39. The third-order valence-electron chi connectivity index (χ3n) is 3.60. The average molecular weight is 260 g/mol. The van der Waals surface area contributed by atoms with Crippen LogP contribution in [0, 0.1) is 0 Å². The van der Waals surface area contributed by atoms with Crippen LogP contribution in [0.2, 0.25) is 0 Å². The number of benzene rings is 1. The van der Waals surface area contributed by atoms with Gasteiger partial charge >= 0.3 is 0 Å². The fraction of sp³-hybridized carbons (Fsp3) is 0.500. The summed E-state index contributed by atoms with van der Waals surface area (Å²) in [5, 5.41) is 3.64. The molecule has 0 aromatic heterocycles. The maximum Gasteiger partial charge on any atom is 0.119 e. The molecule has 1 aliphatic heterocycles. The number of nitrogens with zero attached hydrogens (tertiary/aromatic N) is 1. The van der Waals surface area contributed by atoms with Crippen LogP contribution >= 0.6 is 0 Å². The van der Waals surface area contributed by atoms with Crippen molar-refractivity contribution in [2.24, 2.45) is 0 Å². The average Bonchev–Trinajstić information content (AvgIpc) is 2.46. The molecular formula is C16H24N2O. The second-order valence-electron chi connectivity index (χ2n) is 5.20. The van der Waals surface area contributed by atoms with Crippen LogP contribution in [0.25, 0.3) is 0 Å². The molecule has 1 heterocycles. The normalized spacial score (nSPS) is 17.3. The van der Waals surface area contributed by atoms with Gasteiger partial charge in [-0.1, -0.05) is 24.8 Å². The van der Waals surface area contributed by atoms with Crippen molar-refractivity contribution in [3.8, 4) is 5.75 Å². The summed E-state index contributed by atoms with van der Waals surface area (Å²) in [6.07, 6.45) is 4.25. The molecule has 104 valence electrons. The zero-order chi connectivity index (χ0) is 13.5. The highest BCUT2D eigenvalue weighted by Crippen LogP contribution is 2.13. The Morgan fingerprint density at radius 1 is 1.32 bits per heavy atom. The Hall–Kier alpha value is -1.32. The van der Waals surface area contributed by atoms with E-state index in [1.54, 1.807) is 6.08 Å². The number of nitrogens with one attached hydrogen (secondary N) is 1. The predicted molar refractivity (Wildman–Crippen MR) is 79.5 cm³/mol. The van der Waals surface area contributed by atoms with Gasteiger partial charge in [-0.2, -0.15) is 0 Å². The first-order chi connectivity index (χ1) is 9.28. The number of likely N-dealkylation sites (tertiary alicyclic amines) is 1. The molecule has 1 N–H and O–H groups in total. The van der Waals surface area contributed by atoms with Crippen LogP contribution in [0.15, 0.2) is 36.9 Å². The van der Waals surface area contributed by atoms with E-state index < -0.39 is 0 Å². The molecule has 1 saturated heterocycles. The largest absolute Gasteiger partial charge is 0.490 e. The van der Waals surface area contributed by atoms with Crippen molar-refractivity contribution in [2.75, 3.05) is 26.7 Å². The second kappa shape index (κ2) is 7.31. The van der Waals surface area contributed by atoms with E-state index in [4.69, 9.17) is 4.74 Å². The third kappa shape index (κ3) is 4.69. The Morgan fingerprint density at radius 3 is 2.63 bits per heavy atom. The summed E-state index contributed by atoms with van der Waals surface area (Å²) in [6.45, 7) is 7.55. The lowest BCUT2D eigenvalue weighted by atomic mass is 10.1. The fourth-order valence-electron chi connectivity index (χ4n) is 2.33. The first-order valence-electron chi connectivity index (χ1n) is 7.02. The third-order valence-corrected chi connectivity index (χ3v) is 3.60. The molecule has 0 aliphatic carbocycles. The van der Waals surface area contributed by atoms with Crippen LogP contribution in [0.4, 0.5) is 0 Å². The van der Waals surface area contributed by atoms with E-state index in [1.165, 1.54) is 31.5 Å². The van der Waals surface area contributed by atoms with Crippen molar-refractivity contribution in [3.05, 3.63) is 42.5 Å². The summed E-state index contributed by atoms with van der Waals surface area (Å²) in [5.74, 6) is 0.906. The van der Waals surface area contributed by atoms with E-state index >= 15 is 0 Å². The van der Waals surface area contributed by atoms with Crippen LogP contribution in [-0.2, 0) is 6.54 Å². The molecule has 1 aromatic rings.